The van der Waals surface area contributed by atoms with Crippen LogP contribution >= 0.6 is 11.6 Å². The maximum atomic E-state index is 13.4. The minimum absolute atomic E-state index is 0.0218. The van der Waals surface area contributed by atoms with Gasteiger partial charge in [0.05, 0.1) is 10.9 Å². The lowest BCUT2D eigenvalue weighted by molar-refractivity contribution is -0.142. The lowest BCUT2D eigenvalue weighted by atomic mass is 9.99. The van der Waals surface area contributed by atoms with Gasteiger partial charge in [-0.05, 0) is 44.9 Å². The van der Waals surface area contributed by atoms with Gasteiger partial charge in [0.1, 0.15) is 11.4 Å². The zero-order valence-corrected chi connectivity index (χ0v) is 14.4. The van der Waals surface area contributed by atoms with Crippen LogP contribution in [0, 0.1) is 11.7 Å². The molecule has 7 heteroatoms. The molecule has 1 unspecified atom stereocenters. The fourth-order valence-corrected chi connectivity index (χ4v) is 2.04. The molecule has 128 valence electrons. The first-order valence-electron chi connectivity index (χ1n) is 7.10. The fraction of sp³-hybridized carbons (Fsp3) is 0.500. The quantitative estimate of drug-likeness (QED) is 0.885. The zero-order chi connectivity index (χ0) is 17.8. The highest BCUT2D eigenvalue weighted by atomic mass is 35.5. The second-order valence-electron chi connectivity index (χ2n) is 6.35. The van der Waals surface area contributed by atoms with Crippen LogP contribution in [0.3, 0.4) is 0 Å². The molecule has 0 radical (unpaired) electrons. The summed E-state index contributed by atoms with van der Waals surface area (Å²) in [7, 11) is 1.46. The van der Waals surface area contributed by atoms with Crippen LogP contribution in [0.2, 0.25) is 5.02 Å². The van der Waals surface area contributed by atoms with Crippen molar-refractivity contribution in [2.24, 2.45) is 5.92 Å². The number of ether oxygens (including phenoxy) is 1. The van der Waals surface area contributed by atoms with Crippen molar-refractivity contribution in [3.05, 3.63) is 34.6 Å². The first-order chi connectivity index (χ1) is 10.5. The summed E-state index contributed by atoms with van der Waals surface area (Å²) >= 11 is 5.61. The topological polar surface area (TPSA) is 66.8 Å². The Balaban J connectivity index is 2.77. The van der Waals surface area contributed by atoms with Gasteiger partial charge in [0.15, 0.2) is 0 Å². The minimum Gasteiger partial charge on any atom is -0.481 e. The SMILES string of the molecule is CN(CC(Cc1ccc(Cl)c(F)c1)C(=O)O)C(=O)OC(C)(C)C. The highest BCUT2D eigenvalue weighted by molar-refractivity contribution is 6.30. The number of carboxylic acids is 1. The monoisotopic (exact) mass is 345 g/mol. The van der Waals surface area contributed by atoms with Crippen LogP contribution in [0.4, 0.5) is 9.18 Å². The lowest BCUT2D eigenvalue weighted by Gasteiger charge is -2.26. The summed E-state index contributed by atoms with van der Waals surface area (Å²) in [6.45, 7) is 5.13. The molecule has 0 saturated carbocycles. The standard InChI is InChI=1S/C16H21ClFNO4/c1-16(2,3)23-15(22)19(4)9-11(14(20)21)7-10-5-6-12(17)13(18)8-10/h5-6,8,11H,7,9H2,1-4H3,(H,20,21). The minimum atomic E-state index is -1.07. The normalized spacial score (nSPS) is 12.6. The molecular weight excluding hydrogens is 325 g/mol. The van der Waals surface area contributed by atoms with Gasteiger partial charge in [-0.1, -0.05) is 17.7 Å². The Morgan fingerprint density at radius 2 is 2.00 bits per heavy atom. The molecule has 0 bridgehead atoms. The molecule has 1 aromatic carbocycles. The van der Waals surface area contributed by atoms with Crippen LogP contribution in [0.1, 0.15) is 26.3 Å². The summed E-state index contributed by atoms with van der Waals surface area (Å²) in [5.74, 6) is -2.56. The number of carbonyl (C=O) groups is 2. The van der Waals surface area contributed by atoms with Crippen molar-refractivity contribution in [1.29, 1.82) is 0 Å². The number of hydrogen-bond acceptors (Lipinski definition) is 3. The number of aliphatic carboxylic acids is 1. The van der Waals surface area contributed by atoms with E-state index in [1.165, 1.54) is 24.1 Å². The zero-order valence-electron chi connectivity index (χ0n) is 13.6. The number of hydrogen-bond donors (Lipinski definition) is 1. The number of benzene rings is 1. The summed E-state index contributed by atoms with van der Waals surface area (Å²) in [6, 6.07) is 4.14. The molecule has 0 spiro atoms. The summed E-state index contributed by atoms with van der Waals surface area (Å²) < 4.78 is 18.6. The Kier molecular flexibility index (Phi) is 6.38. The molecule has 1 N–H and O–H groups in total. The fourth-order valence-electron chi connectivity index (χ4n) is 1.93. The van der Waals surface area contributed by atoms with Gasteiger partial charge in [-0.2, -0.15) is 0 Å². The molecule has 0 heterocycles. The van der Waals surface area contributed by atoms with E-state index in [1.54, 1.807) is 26.8 Å². The number of carbonyl (C=O) groups excluding carboxylic acids is 1. The van der Waals surface area contributed by atoms with Crippen LogP contribution in [-0.4, -0.2) is 41.3 Å². The Bertz CT molecular complexity index is 586. The number of nitrogens with zero attached hydrogens (tertiary/aromatic N) is 1. The Morgan fingerprint density at radius 1 is 1.39 bits per heavy atom. The van der Waals surface area contributed by atoms with E-state index in [9.17, 15) is 19.1 Å². The van der Waals surface area contributed by atoms with Gasteiger partial charge >= 0.3 is 12.1 Å². The van der Waals surface area contributed by atoms with E-state index in [0.29, 0.717) is 5.56 Å². The van der Waals surface area contributed by atoms with Crippen molar-refractivity contribution < 1.29 is 23.8 Å². The molecule has 0 aliphatic rings. The summed E-state index contributed by atoms with van der Waals surface area (Å²) in [5, 5.41) is 9.30. The van der Waals surface area contributed by atoms with E-state index >= 15 is 0 Å². The van der Waals surface area contributed by atoms with Crippen LogP contribution in [0.5, 0.6) is 0 Å². The molecular formula is C16H21ClFNO4. The van der Waals surface area contributed by atoms with Crippen LogP contribution < -0.4 is 0 Å². The Hall–Kier alpha value is -1.82. The van der Waals surface area contributed by atoms with E-state index in [1.807, 2.05) is 0 Å². The van der Waals surface area contributed by atoms with Gasteiger partial charge in [-0.25, -0.2) is 9.18 Å². The van der Waals surface area contributed by atoms with Gasteiger partial charge < -0.3 is 14.7 Å². The Labute approximate surface area is 140 Å². The first-order valence-corrected chi connectivity index (χ1v) is 7.48. The van der Waals surface area contributed by atoms with Crippen LogP contribution in [-0.2, 0) is 16.0 Å². The second-order valence-corrected chi connectivity index (χ2v) is 6.76. The average Bonchev–Trinajstić information content (AvgIpc) is 2.39. The van der Waals surface area contributed by atoms with Gasteiger partial charge in [-0.3, -0.25) is 4.79 Å². The van der Waals surface area contributed by atoms with Gasteiger partial charge in [0, 0.05) is 13.6 Å². The van der Waals surface area contributed by atoms with Gasteiger partial charge in [0.25, 0.3) is 0 Å². The highest BCUT2D eigenvalue weighted by Crippen LogP contribution is 2.19. The molecule has 1 amide bonds. The van der Waals surface area contributed by atoms with Crippen molar-refractivity contribution >= 4 is 23.7 Å². The maximum absolute atomic E-state index is 13.4. The van der Waals surface area contributed by atoms with E-state index in [4.69, 9.17) is 16.3 Å². The summed E-state index contributed by atoms with van der Waals surface area (Å²) in [6.07, 6.45) is -0.526. The third-order valence-electron chi connectivity index (χ3n) is 3.01. The molecule has 0 aromatic heterocycles. The van der Waals surface area contributed by atoms with Gasteiger partial charge in [-0.15, -0.1) is 0 Å². The molecule has 0 aliphatic carbocycles. The van der Waals surface area contributed by atoms with E-state index < -0.39 is 29.4 Å². The molecule has 0 saturated heterocycles. The number of carboxylic acid groups (broad SMARTS) is 1. The number of rotatable bonds is 5. The molecule has 0 fully saturated rings. The first kappa shape index (κ1) is 19.2. The molecule has 0 aliphatic heterocycles. The highest BCUT2D eigenvalue weighted by Gasteiger charge is 2.25. The summed E-state index contributed by atoms with van der Waals surface area (Å²) in [4.78, 5) is 24.5. The molecule has 1 rings (SSSR count). The molecule has 1 atom stereocenters. The van der Waals surface area contributed by atoms with E-state index in [2.05, 4.69) is 0 Å². The Morgan fingerprint density at radius 3 is 2.48 bits per heavy atom. The smallest absolute Gasteiger partial charge is 0.410 e. The van der Waals surface area contributed by atoms with Crippen molar-refractivity contribution in [2.45, 2.75) is 32.8 Å². The van der Waals surface area contributed by atoms with Gasteiger partial charge in [0.2, 0.25) is 0 Å². The van der Waals surface area contributed by atoms with Crippen LogP contribution in [0.25, 0.3) is 0 Å². The predicted octanol–water partition coefficient (Wildman–Crippen LogP) is 3.59. The molecule has 23 heavy (non-hydrogen) atoms. The van der Waals surface area contributed by atoms with E-state index in [-0.39, 0.29) is 18.0 Å². The summed E-state index contributed by atoms with van der Waals surface area (Å²) in [5.41, 5.74) is -0.166. The van der Waals surface area contributed by atoms with Crippen molar-refractivity contribution in [2.75, 3.05) is 13.6 Å². The third kappa shape index (κ3) is 6.44. The maximum Gasteiger partial charge on any atom is 0.410 e. The third-order valence-corrected chi connectivity index (χ3v) is 3.32. The predicted molar refractivity (Wildman–Crippen MR) is 85.1 cm³/mol. The van der Waals surface area contributed by atoms with Crippen molar-refractivity contribution in [3.8, 4) is 0 Å². The van der Waals surface area contributed by atoms with Crippen molar-refractivity contribution in [3.63, 3.8) is 0 Å². The van der Waals surface area contributed by atoms with Crippen LogP contribution in [0.15, 0.2) is 18.2 Å². The lowest BCUT2D eigenvalue weighted by Crippen LogP contribution is -2.39. The largest absolute Gasteiger partial charge is 0.481 e. The molecule has 1 aromatic rings. The second kappa shape index (κ2) is 7.64. The average molecular weight is 346 g/mol. The number of halogens is 2. The van der Waals surface area contributed by atoms with Crippen molar-refractivity contribution in [1.82, 2.24) is 4.90 Å². The number of amides is 1. The van der Waals surface area contributed by atoms with E-state index in [0.717, 1.165) is 0 Å². The molecule has 5 nitrogen and oxygen atoms in total.